The number of amides is 1. The van der Waals surface area contributed by atoms with Gasteiger partial charge < -0.3 is 10.1 Å². The van der Waals surface area contributed by atoms with Crippen molar-refractivity contribution in [3.8, 4) is 5.75 Å². The third-order valence-electron chi connectivity index (χ3n) is 2.30. The lowest BCUT2D eigenvalue weighted by Crippen LogP contribution is -2.34. The first-order chi connectivity index (χ1) is 7.49. The van der Waals surface area contributed by atoms with Gasteiger partial charge in [-0.1, -0.05) is 6.07 Å². The maximum atomic E-state index is 11.3. The minimum atomic E-state index is -0.0896. The molecule has 1 amide bonds. The molecule has 0 aromatic heterocycles. The van der Waals surface area contributed by atoms with E-state index in [9.17, 15) is 4.79 Å². The van der Waals surface area contributed by atoms with E-state index >= 15 is 0 Å². The highest BCUT2D eigenvalue weighted by atomic mass is 16.5. The Kier molecular flexibility index (Phi) is 4.35. The number of ether oxygens (including phenoxy) is 1. The molecule has 1 rings (SSSR count). The molecular weight excluding hydrogens is 202 g/mol. The van der Waals surface area contributed by atoms with E-state index in [0.29, 0.717) is 0 Å². The zero-order chi connectivity index (χ0) is 12.1. The van der Waals surface area contributed by atoms with Crippen LogP contribution in [0.15, 0.2) is 18.2 Å². The highest BCUT2D eigenvalue weighted by Crippen LogP contribution is 2.16. The Morgan fingerprint density at radius 3 is 2.56 bits per heavy atom. The number of carbonyl (C=O) groups is 1. The Bertz CT molecular complexity index is 372. The van der Waals surface area contributed by atoms with E-state index in [-0.39, 0.29) is 18.6 Å². The molecule has 0 aliphatic rings. The number of nitrogens with one attached hydrogen (secondary N) is 1. The topological polar surface area (TPSA) is 38.3 Å². The third-order valence-corrected chi connectivity index (χ3v) is 2.30. The predicted octanol–water partition coefficient (Wildman–Crippen LogP) is 2.21. The van der Waals surface area contributed by atoms with Crippen LogP contribution >= 0.6 is 0 Å². The summed E-state index contributed by atoms with van der Waals surface area (Å²) < 4.78 is 5.39. The van der Waals surface area contributed by atoms with Crippen molar-refractivity contribution in [1.29, 1.82) is 0 Å². The van der Waals surface area contributed by atoms with Gasteiger partial charge in [0.15, 0.2) is 6.61 Å². The van der Waals surface area contributed by atoms with Crippen molar-refractivity contribution in [2.24, 2.45) is 0 Å². The molecular formula is C13H19NO2. The van der Waals surface area contributed by atoms with Crippen LogP contribution in [0.5, 0.6) is 5.75 Å². The summed E-state index contributed by atoms with van der Waals surface area (Å²) in [7, 11) is 0. The van der Waals surface area contributed by atoms with Crippen molar-refractivity contribution in [2.75, 3.05) is 6.61 Å². The molecule has 3 nitrogen and oxygen atoms in total. The zero-order valence-corrected chi connectivity index (χ0v) is 10.3. The van der Waals surface area contributed by atoms with Crippen molar-refractivity contribution in [1.82, 2.24) is 5.32 Å². The van der Waals surface area contributed by atoms with Gasteiger partial charge >= 0.3 is 0 Å². The molecule has 0 saturated carbocycles. The van der Waals surface area contributed by atoms with E-state index in [2.05, 4.69) is 5.32 Å². The van der Waals surface area contributed by atoms with E-state index in [1.165, 1.54) is 11.1 Å². The Morgan fingerprint density at radius 1 is 1.31 bits per heavy atom. The summed E-state index contributed by atoms with van der Waals surface area (Å²) in [5.74, 6) is 0.648. The van der Waals surface area contributed by atoms with Crippen molar-refractivity contribution < 1.29 is 9.53 Å². The van der Waals surface area contributed by atoms with Gasteiger partial charge in [0.1, 0.15) is 5.75 Å². The molecule has 0 aliphatic heterocycles. The first-order valence-corrected chi connectivity index (χ1v) is 5.48. The second kappa shape index (κ2) is 5.54. The minimum absolute atomic E-state index is 0.0701. The van der Waals surface area contributed by atoms with E-state index < -0.39 is 0 Å². The Hall–Kier alpha value is -1.51. The first kappa shape index (κ1) is 12.6. The highest BCUT2D eigenvalue weighted by molar-refractivity contribution is 5.77. The lowest BCUT2D eigenvalue weighted by molar-refractivity contribution is -0.123. The summed E-state index contributed by atoms with van der Waals surface area (Å²) in [5, 5.41) is 2.78. The fourth-order valence-electron chi connectivity index (χ4n) is 1.32. The summed E-state index contributed by atoms with van der Waals surface area (Å²) in [6, 6.07) is 5.96. The van der Waals surface area contributed by atoms with E-state index in [1.54, 1.807) is 0 Å². The molecule has 0 radical (unpaired) electrons. The van der Waals surface area contributed by atoms with Crippen molar-refractivity contribution >= 4 is 5.91 Å². The highest BCUT2D eigenvalue weighted by Gasteiger charge is 2.04. The molecule has 0 unspecified atom stereocenters. The molecule has 0 aliphatic carbocycles. The molecule has 16 heavy (non-hydrogen) atoms. The molecule has 0 fully saturated rings. The van der Waals surface area contributed by atoms with Crippen LogP contribution in [0.25, 0.3) is 0 Å². The van der Waals surface area contributed by atoms with Crippen LogP contribution in [-0.4, -0.2) is 18.6 Å². The molecule has 0 heterocycles. The zero-order valence-electron chi connectivity index (χ0n) is 10.3. The number of aryl methyl sites for hydroxylation is 2. The largest absolute Gasteiger partial charge is 0.484 e. The third kappa shape index (κ3) is 3.93. The van der Waals surface area contributed by atoms with Crippen molar-refractivity contribution in [3.63, 3.8) is 0 Å². The van der Waals surface area contributed by atoms with Gasteiger partial charge in [-0.3, -0.25) is 4.79 Å². The molecule has 3 heteroatoms. The Balaban J connectivity index is 2.48. The van der Waals surface area contributed by atoms with Gasteiger partial charge in [-0.2, -0.15) is 0 Å². The monoisotopic (exact) mass is 221 g/mol. The molecule has 1 N–H and O–H groups in total. The lowest BCUT2D eigenvalue weighted by atomic mass is 10.1. The van der Waals surface area contributed by atoms with Gasteiger partial charge in [0.05, 0.1) is 0 Å². The number of hydrogen-bond acceptors (Lipinski definition) is 2. The van der Waals surface area contributed by atoms with Gasteiger partial charge in [0.2, 0.25) is 0 Å². The van der Waals surface area contributed by atoms with Crippen LogP contribution in [0.4, 0.5) is 0 Å². The fourth-order valence-corrected chi connectivity index (χ4v) is 1.32. The second-order valence-electron chi connectivity index (χ2n) is 4.26. The molecule has 1 aromatic carbocycles. The maximum Gasteiger partial charge on any atom is 0.258 e. The van der Waals surface area contributed by atoms with Gasteiger partial charge in [-0.15, -0.1) is 0 Å². The summed E-state index contributed by atoms with van der Waals surface area (Å²) in [5.41, 5.74) is 2.39. The van der Waals surface area contributed by atoms with Crippen LogP contribution in [0.1, 0.15) is 25.0 Å². The fraction of sp³-hybridized carbons (Fsp3) is 0.462. The van der Waals surface area contributed by atoms with Gasteiger partial charge in [-0.25, -0.2) is 0 Å². The summed E-state index contributed by atoms with van der Waals surface area (Å²) in [6.07, 6.45) is 0. The van der Waals surface area contributed by atoms with Crippen molar-refractivity contribution in [3.05, 3.63) is 29.3 Å². The summed E-state index contributed by atoms with van der Waals surface area (Å²) >= 11 is 0. The van der Waals surface area contributed by atoms with Crippen LogP contribution in [0, 0.1) is 13.8 Å². The maximum absolute atomic E-state index is 11.3. The first-order valence-electron chi connectivity index (χ1n) is 5.48. The number of carbonyl (C=O) groups excluding carboxylic acids is 1. The summed E-state index contributed by atoms with van der Waals surface area (Å²) in [4.78, 5) is 11.3. The van der Waals surface area contributed by atoms with Gasteiger partial charge in [0, 0.05) is 6.04 Å². The quantitative estimate of drug-likeness (QED) is 0.846. The number of benzene rings is 1. The number of rotatable bonds is 4. The molecule has 0 atom stereocenters. The molecule has 88 valence electrons. The molecule has 0 spiro atoms. The van der Waals surface area contributed by atoms with Crippen LogP contribution in [-0.2, 0) is 4.79 Å². The number of hydrogen-bond donors (Lipinski definition) is 1. The smallest absolute Gasteiger partial charge is 0.258 e. The van der Waals surface area contributed by atoms with E-state index in [1.807, 2.05) is 45.9 Å². The van der Waals surface area contributed by atoms with Crippen LogP contribution in [0.3, 0.4) is 0 Å². The lowest BCUT2D eigenvalue weighted by Gasteiger charge is -2.10. The molecule has 0 saturated heterocycles. The second-order valence-corrected chi connectivity index (χ2v) is 4.26. The van der Waals surface area contributed by atoms with Gasteiger partial charge in [0.25, 0.3) is 5.91 Å². The molecule has 0 bridgehead atoms. The van der Waals surface area contributed by atoms with Crippen molar-refractivity contribution in [2.45, 2.75) is 33.7 Å². The standard InChI is InChI=1S/C13H19NO2/c1-9(2)14-13(15)8-16-12-6-5-10(3)11(4)7-12/h5-7,9H,8H2,1-4H3,(H,14,15). The minimum Gasteiger partial charge on any atom is -0.484 e. The SMILES string of the molecule is Cc1ccc(OCC(=O)NC(C)C)cc1C. The summed E-state index contributed by atoms with van der Waals surface area (Å²) in [6.45, 7) is 7.99. The van der Waals surface area contributed by atoms with Gasteiger partial charge in [-0.05, 0) is 51.0 Å². The molecule has 1 aromatic rings. The van der Waals surface area contributed by atoms with E-state index in [4.69, 9.17) is 4.74 Å². The Labute approximate surface area is 96.8 Å². The van der Waals surface area contributed by atoms with E-state index in [0.717, 1.165) is 5.75 Å². The average Bonchev–Trinajstić information content (AvgIpc) is 2.19. The Morgan fingerprint density at radius 2 is 2.00 bits per heavy atom. The average molecular weight is 221 g/mol. The predicted molar refractivity (Wildman–Crippen MR) is 64.7 cm³/mol. The normalized spacial score (nSPS) is 10.3. The van der Waals surface area contributed by atoms with Crippen LogP contribution < -0.4 is 10.1 Å². The van der Waals surface area contributed by atoms with Crippen LogP contribution in [0.2, 0.25) is 0 Å².